The number of rotatable bonds is 6. The van der Waals surface area contributed by atoms with Crippen LogP contribution in [-0.2, 0) is 4.79 Å². The molecule has 3 aromatic carbocycles. The third-order valence-electron chi connectivity index (χ3n) is 4.13. The molecule has 1 atom stereocenters. The molecule has 0 aliphatic rings. The normalized spacial score (nSPS) is 12.3. The summed E-state index contributed by atoms with van der Waals surface area (Å²) in [4.78, 5) is 12.5. The largest absolute Gasteiger partial charge is 0.479 e. The number of benzene rings is 3. The van der Waals surface area contributed by atoms with Crippen LogP contribution >= 0.6 is 39.1 Å². The minimum atomic E-state index is -0.698. The predicted octanol–water partition coefficient (Wildman–Crippen LogP) is 6.22. The quantitative estimate of drug-likeness (QED) is 0.337. The molecule has 0 fully saturated rings. The van der Waals surface area contributed by atoms with Crippen molar-refractivity contribution < 1.29 is 9.53 Å². The van der Waals surface area contributed by atoms with Crippen molar-refractivity contribution in [1.29, 1.82) is 0 Å². The average Bonchev–Trinajstić information content (AvgIpc) is 2.70. The minimum Gasteiger partial charge on any atom is -0.479 e. The van der Waals surface area contributed by atoms with Crippen LogP contribution in [0.15, 0.2) is 64.2 Å². The SMILES string of the molecule is CCC(Oc1ccc2ccccc2c1Br)C(=O)NN=Cc1c(Cl)cccc1Cl. The molecule has 3 aromatic rings. The van der Waals surface area contributed by atoms with E-state index in [2.05, 4.69) is 26.5 Å². The highest BCUT2D eigenvalue weighted by atomic mass is 79.9. The first-order chi connectivity index (χ1) is 13.5. The molecule has 0 aliphatic heterocycles. The monoisotopic (exact) mass is 478 g/mol. The van der Waals surface area contributed by atoms with Gasteiger partial charge in [-0.05, 0) is 51.3 Å². The smallest absolute Gasteiger partial charge is 0.281 e. The van der Waals surface area contributed by atoms with Crippen molar-refractivity contribution in [3.8, 4) is 5.75 Å². The highest BCUT2D eigenvalue weighted by Gasteiger charge is 2.19. The number of hydrogen-bond acceptors (Lipinski definition) is 3. The molecule has 0 radical (unpaired) electrons. The van der Waals surface area contributed by atoms with E-state index >= 15 is 0 Å². The number of hydrogen-bond donors (Lipinski definition) is 1. The second kappa shape index (κ2) is 9.41. The molecule has 0 saturated carbocycles. The van der Waals surface area contributed by atoms with E-state index < -0.39 is 6.10 Å². The molecule has 0 saturated heterocycles. The molecule has 3 rings (SSSR count). The Hall–Kier alpha value is -2.08. The molecule has 1 unspecified atom stereocenters. The summed E-state index contributed by atoms with van der Waals surface area (Å²) in [5.74, 6) is 0.237. The van der Waals surface area contributed by atoms with Gasteiger partial charge in [-0.2, -0.15) is 5.10 Å². The summed E-state index contributed by atoms with van der Waals surface area (Å²) in [6.45, 7) is 1.87. The number of halogens is 3. The summed E-state index contributed by atoms with van der Waals surface area (Å²) < 4.78 is 6.74. The molecule has 0 bridgehead atoms. The topological polar surface area (TPSA) is 50.7 Å². The number of nitrogens with one attached hydrogen (secondary N) is 1. The van der Waals surface area contributed by atoms with E-state index in [1.54, 1.807) is 18.2 Å². The molecule has 144 valence electrons. The number of nitrogens with zero attached hydrogens (tertiary/aromatic N) is 1. The van der Waals surface area contributed by atoms with E-state index in [0.717, 1.165) is 15.2 Å². The van der Waals surface area contributed by atoms with Gasteiger partial charge in [0, 0.05) is 5.56 Å². The van der Waals surface area contributed by atoms with Crippen LogP contribution in [0.5, 0.6) is 5.75 Å². The molecule has 0 aliphatic carbocycles. The van der Waals surface area contributed by atoms with E-state index in [4.69, 9.17) is 27.9 Å². The van der Waals surface area contributed by atoms with Crippen molar-refractivity contribution in [2.75, 3.05) is 0 Å². The van der Waals surface area contributed by atoms with E-state index in [-0.39, 0.29) is 5.91 Å². The Labute approximate surface area is 181 Å². The van der Waals surface area contributed by atoms with Crippen molar-refractivity contribution >= 4 is 62.0 Å². The molecule has 1 amide bonds. The fourth-order valence-electron chi connectivity index (χ4n) is 2.65. The van der Waals surface area contributed by atoms with Gasteiger partial charge in [0.25, 0.3) is 5.91 Å². The van der Waals surface area contributed by atoms with Crippen LogP contribution in [-0.4, -0.2) is 18.2 Å². The van der Waals surface area contributed by atoms with Gasteiger partial charge >= 0.3 is 0 Å². The van der Waals surface area contributed by atoms with Gasteiger partial charge in [-0.25, -0.2) is 5.43 Å². The van der Waals surface area contributed by atoms with Crippen molar-refractivity contribution in [2.24, 2.45) is 5.10 Å². The second-order valence-corrected chi connectivity index (χ2v) is 7.59. The first kappa shape index (κ1) is 20.6. The number of fused-ring (bicyclic) bond motifs is 1. The van der Waals surface area contributed by atoms with Crippen LogP contribution in [0, 0.1) is 0 Å². The highest BCUT2D eigenvalue weighted by molar-refractivity contribution is 9.10. The zero-order valence-electron chi connectivity index (χ0n) is 15.0. The zero-order chi connectivity index (χ0) is 20.1. The first-order valence-corrected chi connectivity index (χ1v) is 10.2. The summed E-state index contributed by atoms with van der Waals surface area (Å²) in [6.07, 6.45) is 1.20. The number of ether oxygens (including phenoxy) is 1. The van der Waals surface area contributed by atoms with Crippen LogP contribution in [0.4, 0.5) is 0 Å². The molecular formula is C21H17BrCl2N2O2. The Morgan fingerprint density at radius 2 is 1.86 bits per heavy atom. The van der Waals surface area contributed by atoms with Crippen molar-refractivity contribution in [2.45, 2.75) is 19.4 Å². The molecule has 28 heavy (non-hydrogen) atoms. The summed E-state index contributed by atoms with van der Waals surface area (Å²) in [7, 11) is 0. The van der Waals surface area contributed by atoms with Crippen LogP contribution in [0.2, 0.25) is 10.0 Å². The molecule has 0 aromatic heterocycles. The maximum Gasteiger partial charge on any atom is 0.281 e. The number of amides is 1. The number of carbonyl (C=O) groups is 1. The van der Waals surface area contributed by atoms with Gasteiger partial charge in [0.15, 0.2) is 6.10 Å². The fraction of sp³-hybridized carbons (Fsp3) is 0.143. The molecule has 4 nitrogen and oxygen atoms in total. The predicted molar refractivity (Wildman–Crippen MR) is 119 cm³/mol. The van der Waals surface area contributed by atoms with Crippen molar-refractivity contribution in [3.05, 3.63) is 74.7 Å². The Kier molecular flexibility index (Phi) is 6.94. The van der Waals surface area contributed by atoms with Gasteiger partial charge in [0.05, 0.1) is 20.7 Å². The van der Waals surface area contributed by atoms with E-state index in [0.29, 0.717) is 27.8 Å². The van der Waals surface area contributed by atoms with Crippen molar-refractivity contribution in [3.63, 3.8) is 0 Å². The lowest BCUT2D eigenvalue weighted by Crippen LogP contribution is -2.35. The number of hydrazone groups is 1. The lowest BCUT2D eigenvalue weighted by atomic mass is 10.1. The van der Waals surface area contributed by atoms with Crippen molar-refractivity contribution in [1.82, 2.24) is 5.43 Å². The summed E-state index contributed by atoms with van der Waals surface area (Å²) in [6, 6.07) is 16.9. The van der Waals surface area contributed by atoms with Gasteiger partial charge in [0.2, 0.25) is 0 Å². The first-order valence-electron chi connectivity index (χ1n) is 8.62. The van der Waals surface area contributed by atoms with Crippen LogP contribution < -0.4 is 10.2 Å². The average molecular weight is 480 g/mol. The van der Waals surface area contributed by atoms with Gasteiger partial charge in [-0.15, -0.1) is 0 Å². The van der Waals surface area contributed by atoms with E-state index in [1.165, 1.54) is 6.21 Å². The standard InChI is InChI=1S/C21H17BrCl2N2O2/c1-2-18(21(27)26-25-12-15-16(23)8-5-9-17(15)24)28-19-11-10-13-6-3-4-7-14(13)20(19)22/h3-12,18H,2H2,1H3,(H,26,27). The Balaban J connectivity index is 1.72. The summed E-state index contributed by atoms with van der Waals surface area (Å²) >= 11 is 15.7. The van der Waals surface area contributed by atoms with Gasteiger partial charge in [0.1, 0.15) is 5.75 Å². The van der Waals surface area contributed by atoms with Crippen LogP contribution in [0.25, 0.3) is 10.8 Å². The zero-order valence-corrected chi connectivity index (χ0v) is 18.1. The van der Waals surface area contributed by atoms with E-state index in [1.807, 2.05) is 43.3 Å². The second-order valence-electron chi connectivity index (χ2n) is 5.98. The maximum atomic E-state index is 12.5. The molecule has 1 N–H and O–H groups in total. The minimum absolute atomic E-state index is 0.359. The fourth-order valence-corrected chi connectivity index (χ4v) is 3.73. The van der Waals surface area contributed by atoms with Gasteiger partial charge < -0.3 is 4.74 Å². The molecule has 0 spiro atoms. The van der Waals surface area contributed by atoms with E-state index in [9.17, 15) is 4.79 Å². The molecule has 7 heteroatoms. The lowest BCUT2D eigenvalue weighted by Gasteiger charge is -2.17. The van der Waals surface area contributed by atoms with Gasteiger partial charge in [-0.3, -0.25) is 4.79 Å². The Morgan fingerprint density at radius 1 is 1.14 bits per heavy atom. The molecule has 0 heterocycles. The van der Waals surface area contributed by atoms with Crippen LogP contribution in [0.1, 0.15) is 18.9 Å². The third kappa shape index (κ3) is 4.66. The maximum absolute atomic E-state index is 12.5. The number of carbonyl (C=O) groups excluding carboxylic acids is 1. The summed E-state index contributed by atoms with van der Waals surface area (Å²) in [5, 5.41) is 6.97. The Bertz CT molecular complexity index is 1020. The highest BCUT2D eigenvalue weighted by Crippen LogP contribution is 2.33. The third-order valence-corrected chi connectivity index (χ3v) is 5.61. The summed E-state index contributed by atoms with van der Waals surface area (Å²) in [5.41, 5.74) is 3.03. The Morgan fingerprint density at radius 3 is 2.57 bits per heavy atom. The lowest BCUT2D eigenvalue weighted by molar-refractivity contribution is -0.128. The van der Waals surface area contributed by atoms with Crippen LogP contribution in [0.3, 0.4) is 0 Å². The van der Waals surface area contributed by atoms with Gasteiger partial charge in [-0.1, -0.05) is 66.5 Å². The molecular weight excluding hydrogens is 463 g/mol.